The number of imidazole rings is 1. The van der Waals surface area contributed by atoms with Gasteiger partial charge in [-0.3, -0.25) is 4.57 Å². The highest BCUT2D eigenvalue weighted by Gasteiger charge is 2.45. The van der Waals surface area contributed by atoms with E-state index in [-0.39, 0.29) is 0 Å². The zero-order valence-corrected chi connectivity index (χ0v) is 9.22. The molecule has 8 heteroatoms. The molecular formula is C10H11FN4O3. The molecule has 2 aromatic rings. The second-order valence-electron chi connectivity index (χ2n) is 4.07. The van der Waals surface area contributed by atoms with Gasteiger partial charge in [0.2, 0.25) is 0 Å². The minimum atomic E-state index is -1.64. The average molecular weight is 254 g/mol. The maximum absolute atomic E-state index is 13.6. The van der Waals surface area contributed by atoms with E-state index in [0.29, 0.717) is 11.2 Å². The summed E-state index contributed by atoms with van der Waals surface area (Å²) in [4.78, 5) is 11.9. The Hall–Kier alpha value is -1.64. The van der Waals surface area contributed by atoms with Crippen molar-refractivity contribution in [1.82, 2.24) is 19.5 Å². The van der Waals surface area contributed by atoms with Gasteiger partial charge in [0.25, 0.3) is 0 Å². The number of hydrogen-bond donors (Lipinski definition) is 2. The van der Waals surface area contributed by atoms with Crippen LogP contribution in [0.3, 0.4) is 0 Å². The van der Waals surface area contributed by atoms with Gasteiger partial charge in [0, 0.05) is 0 Å². The highest BCUT2D eigenvalue weighted by Crippen LogP contribution is 2.32. The number of aliphatic hydroxyl groups is 2. The van der Waals surface area contributed by atoms with E-state index in [1.807, 2.05) is 0 Å². The summed E-state index contributed by atoms with van der Waals surface area (Å²) in [6, 6.07) is 0. The molecule has 3 heterocycles. The largest absolute Gasteiger partial charge is 0.394 e. The molecule has 1 aliphatic heterocycles. The zero-order chi connectivity index (χ0) is 12.7. The van der Waals surface area contributed by atoms with E-state index in [0.717, 1.165) is 0 Å². The lowest BCUT2D eigenvalue weighted by atomic mass is 10.1. The van der Waals surface area contributed by atoms with E-state index in [9.17, 15) is 9.50 Å². The highest BCUT2D eigenvalue weighted by atomic mass is 19.1. The fourth-order valence-corrected chi connectivity index (χ4v) is 2.06. The first-order valence-corrected chi connectivity index (χ1v) is 5.43. The van der Waals surface area contributed by atoms with E-state index >= 15 is 0 Å². The van der Waals surface area contributed by atoms with Crippen LogP contribution >= 0.6 is 0 Å². The first kappa shape index (κ1) is 11.5. The Morgan fingerprint density at radius 3 is 3.00 bits per heavy atom. The number of hydrogen-bond acceptors (Lipinski definition) is 6. The van der Waals surface area contributed by atoms with E-state index in [1.54, 1.807) is 0 Å². The third kappa shape index (κ3) is 1.57. The Labute approximate surface area is 101 Å². The fourth-order valence-electron chi connectivity index (χ4n) is 2.06. The number of alkyl halides is 1. The van der Waals surface area contributed by atoms with Gasteiger partial charge in [-0.2, -0.15) is 0 Å². The summed E-state index contributed by atoms with van der Waals surface area (Å²) in [5.74, 6) is 0. The van der Waals surface area contributed by atoms with Crippen LogP contribution in [0.1, 0.15) is 6.23 Å². The summed E-state index contributed by atoms with van der Waals surface area (Å²) in [6.07, 6.45) is -0.746. The van der Waals surface area contributed by atoms with Crippen molar-refractivity contribution in [3.05, 3.63) is 18.9 Å². The van der Waals surface area contributed by atoms with E-state index in [4.69, 9.17) is 9.84 Å². The SMILES string of the molecule is OCC1OC(n2cnc3cncnc32)C(O)C1F. The average Bonchev–Trinajstić information content (AvgIpc) is 2.93. The Bertz CT molecular complexity index is 563. The van der Waals surface area contributed by atoms with Crippen molar-refractivity contribution in [3.63, 3.8) is 0 Å². The van der Waals surface area contributed by atoms with Crippen LogP contribution in [-0.4, -0.2) is 54.7 Å². The molecule has 1 aliphatic rings. The Balaban J connectivity index is 2.00. The molecule has 0 amide bonds. The van der Waals surface area contributed by atoms with Gasteiger partial charge in [-0.05, 0) is 0 Å². The van der Waals surface area contributed by atoms with E-state index < -0.39 is 31.2 Å². The molecule has 0 bridgehead atoms. The number of halogens is 1. The summed E-state index contributed by atoms with van der Waals surface area (Å²) in [7, 11) is 0. The molecule has 0 aliphatic carbocycles. The van der Waals surface area contributed by atoms with Crippen LogP contribution in [0.25, 0.3) is 11.2 Å². The molecule has 0 spiro atoms. The summed E-state index contributed by atoms with van der Waals surface area (Å²) >= 11 is 0. The minimum absolute atomic E-state index is 0.444. The van der Waals surface area contributed by atoms with Crippen LogP contribution in [0.2, 0.25) is 0 Å². The lowest BCUT2D eigenvalue weighted by Gasteiger charge is -2.15. The highest BCUT2D eigenvalue weighted by molar-refractivity contribution is 5.68. The number of rotatable bonds is 2. The molecular weight excluding hydrogens is 243 g/mol. The van der Waals surface area contributed by atoms with Gasteiger partial charge in [-0.1, -0.05) is 0 Å². The maximum Gasteiger partial charge on any atom is 0.166 e. The zero-order valence-electron chi connectivity index (χ0n) is 9.22. The monoisotopic (exact) mass is 254 g/mol. The Morgan fingerprint density at radius 1 is 1.44 bits per heavy atom. The molecule has 0 aromatic carbocycles. The van der Waals surface area contributed by atoms with Crippen molar-refractivity contribution in [2.24, 2.45) is 0 Å². The number of ether oxygens (including phenoxy) is 1. The van der Waals surface area contributed by atoms with Gasteiger partial charge in [0.15, 0.2) is 18.0 Å². The van der Waals surface area contributed by atoms with Gasteiger partial charge >= 0.3 is 0 Å². The van der Waals surface area contributed by atoms with Crippen molar-refractivity contribution in [1.29, 1.82) is 0 Å². The molecule has 18 heavy (non-hydrogen) atoms. The van der Waals surface area contributed by atoms with Crippen LogP contribution in [0, 0.1) is 0 Å². The number of fused-ring (bicyclic) bond motifs is 1. The molecule has 3 rings (SSSR count). The summed E-state index contributed by atoms with van der Waals surface area (Å²) in [6.45, 7) is -0.490. The number of aliphatic hydroxyl groups excluding tert-OH is 2. The molecule has 7 nitrogen and oxygen atoms in total. The van der Waals surface area contributed by atoms with Crippen LogP contribution < -0.4 is 0 Å². The Kier molecular flexibility index (Phi) is 2.69. The topological polar surface area (TPSA) is 93.3 Å². The fraction of sp³-hybridized carbons (Fsp3) is 0.500. The maximum atomic E-state index is 13.6. The van der Waals surface area contributed by atoms with Crippen LogP contribution in [0.15, 0.2) is 18.9 Å². The van der Waals surface area contributed by atoms with Crippen molar-refractivity contribution < 1.29 is 19.3 Å². The Morgan fingerprint density at radius 2 is 2.28 bits per heavy atom. The first-order chi connectivity index (χ1) is 8.72. The molecule has 0 saturated carbocycles. The van der Waals surface area contributed by atoms with Crippen molar-refractivity contribution in [2.75, 3.05) is 6.61 Å². The quantitative estimate of drug-likeness (QED) is 0.744. The van der Waals surface area contributed by atoms with Crippen LogP contribution in [0.4, 0.5) is 4.39 Å². The van der Waals surface area contributed by atoms with Crippen molar-refractivity contribution >= 4 is 11.2 Å². The second kappa shape index (κ2) is 4.23. The predicted molar refractivity (Wildman–Crippen MR) is 57.2 cm³/mol. The molecule has 0 radical (unpaired) electrons. The molecule has 96 valence electrons. The van der Waals surface area contributed by atoms with E-state index in [2.05, 4.69) is 15.0 Å². The third-order valence-corrected chi connectivity index (χ3v) is 2.98. The standard InChI is InChI=1S/C10H11FN4O3/c11-7-6(2-16)18-10(8(7)17)15-4-14-5-1-12-3-13-9(5)15/h1,3-4,6-8,10,16-17H,2H2. The smallest absolute Gasteiger partial charge is 0.166 e. The molecule has 2 N–H and O–H groups in total. The van der Waals surface area contributed by atoms with Gasteiger partial charge in [0.1, 0.15) is 24.1 Å². The molecule has 4 unspecified atom stereocenters. The normalized spacial score (nSPS) is 32.2. The van der Waals surface area contributed by atoms with Crippen LogP contribution in [0.5, 0.6) is 0 Å². The second-order valence-corrected chi connectivity index (χ2v) is 4.07. The van der Waals surface area contributed by atoms with Gasteiger partial charge in [0.05, 0.1) is 19.1 Å². The van der Waals surface area contributed by atoms with Gasteiger partial charge in [-0.15, -0.1) is 0 Å². The number of nitrogens with zero attached hydrogens (tertiary/aromatic N) is 4. The van der Waals surface area contributed by atoms with Gasteiger partial charge < -0.3 is 14.9 Å². The number of aromatic nitrogens is 4. The van der Waals surface area contributed by atoms with Crippen molar-refractivity contribution in [3.8, 4) is 0 Å². The lowest BCUT2D eigenvalue weighted by Crippen LogP contribution is -2.29. The van der Waals surface area contributed by atoms with E-state index in [1.165, 1.54) is 23.4 Å². The minimum Gasteiger partial charge on any atom is -0.394 e. The summed E-state index contributed by atoms with van der Waals surface area (Å²) in [5.41, 5.74) is 0.969. The molecule has 2 aromatic heterocycles. The lowest BCUT2D eigenvalue weighted by molar-refractivity contribution is -0.0495. The summed E-state index contributed by atoms with van der Waals surface area (Å²) in [5, 5.41) is 18.7. The summed E-state index contributed by atoms with van der Waals surface area (Å²) < 4.78 is 20.3. The van der Waals surface area contributed by atoms with Crippen LogP contribution in [-0.2, 0) is 4.74 Å². The molecule has 1 fully saturated rings. The van der Waals surface area contributed by atoms with Crippen molar-refractivity contribution in [2.45, 2.75) is 24.6 Å². The predicted octanol–water partition coefficient (Wildman–Crippen LogP) is -0.585. The van der Waals surface area contributed by atoms with Gasteiger partial charge in [-0.25, -0.2) is 19.3 Å². The third-order valence-electron chi connectivity index (χ3n) is 2.98. The first-order valence-electron chi connectivity index (χ1n) is 5.43. The molecule has 1 saturated heterocycles. The molecule has 4 atom stereocenters.